The van der Waals surface area contributed by atoms with Crippen LogP contribution >= 0.6 is 0 Å². The van der Waals surface area contributed by atoms with Crippen LogP contribution < -0.4 is 5.32 Å². The van der Waals surface area contributed by atoms with Crippen molar-refractivity contribution in [2.75, 3.05) is 7.11 Å². The van der Waals surface area contributed by atoms with Crippen LogP contribution in [-0.4, -0.2) is 25.2 Å². The molecule has 0 spiro atoms. The topological polar surface area (TPSA) is 38.3 Å². The Kier molecular flexibility index (Phi) is 2.49. The highest BCUT2D eigenvalue weighted by Gasteiger charge is 2.33. The summed E-state index contributed by atoms with van der Waals surface area (Å²) in [6, 6.07) is 0.351. The number of rotatable bonds is 1. The Hall–Kier alpha value is -0.570. The molecule has 0 amide bonds. The molecule has 1 saturated heterocycles. The van der Waals surface area contributed by atoms with Gasteiger partial charge in [-0.2, -0.15) is 0 Å². The zero-order chi connectivity index (χ0) is 8.43. The SMILES string of the molecule is COC(=O)[C@H]1N[C@@H](C)C[C@H]1C. The van der Waals surface area contributed by atoms with Crippen molar-refractivity contribution in [1.29, 1.82) is 0 Å². The van der Waals surface area contributed by atoms with Gasteiger partial charge in [0, 0.05) is 6.04 Å². The minimum atomic E-state index is -0.137. The Morgan fingerprint density at radius 2 is 2.18 bits per heavy atom. The van der Waals surface area contributed by atoms with Gasteiger partial charge in [0.05, 0.1) is 7.11 Å². The molecular weight excluding hydrogens is 142 g/mol. The highest BCUT2D eigenvalue weighted by Crippen LogP contribution is 2.19. The van der Waals surface area contributed by atoms with E-state index in [-0.39, 0.29) is 12.0 Å². The average Bonchev–Trinajstić information content (AvgIpc) is 2.28. The minimum Gasteiger partial charge on any atom is -0.468 e. The Morgan fingerprint density at radius 1 is 1.55 bits per heavy atom. The van der Waals surface area contributed by atoms with E-state index < -0.39 is 0 Å². The van der Waals surface area contributed by atoms with Gasteiger partial charge in [-0.25, -0.2) is 0 Å². The number of carbonyl (C=O) groups excluding carboxylic acids is 1. The molecule has 1 aliphatic heterocycles. The Labute approximate surface area is 67.1 Å². The van der Waals surface area contributed by atoms with Gasteiger partial charge in [-0.15, -0.1) is 0 Å². The molecule has 0 aromatic heterocycles. The van der Waals surface area contributed by atoms with Crippen LogP contribution in [0.25, 0.3) is 0 Å². The van der Waals surface area contributed by atoms with E-state index in [4.69, 9.17) is 0 Å². The largest absolute Gasteiger partial charge is 0.468 e. The van der Waals surface area contributed by atoms with Gasteiger partial charge < -0.3 is 10.1 Å². The fraction of sp³-hybridized carbons (Fsp3) is 0.875. The standard InChI is InChI=1S/C8H15NO2/c1-5-4-6(2)9-7(5)8(10)11-3/h5-7,9H,4H2,1-3H3/t5-,6+,7+/m1/s1. The van der Waals surface area contributed by atoms with Crippen molar-refractivity contribution in [3.05, 3.63) is 0 Å². The quantitative estimate of drug-likeness (QED) is 0.565. The van der Waals surface area contributed by atoms with Crippen LogP contribution in [0.1, 0.15) is 20.3 Å². The molecule has 3 atom stereocenters. The first-order valence-electron chi connectivity index (χ1n) is 3.99. The van der Waals surface area contributed by atoms with E-state index in [1.54, 1.807) is 0 Å². The van der Waals surface area contributed by atoms with Crippen molar-refractivity contribution in [2.24, 2.45) is 5.92 Å². The highest BCUT2D eigenvalue weighted by atomic mass is 16.5. The number of hydrogen-bond donors (Lipinski definition) is 1. The number of carbonyl (C=O) groups is 1. The first-order chi connectivity index (χ1) is 5.15. The molecule has 0 unspecified atom stereocenters. The minimum absolute atomic E-state index is 0.0880. The van der Waals surface area contributed by atoms with Gasteiger partial charge in [-0.1, -0.05) is 6.92 Å². The number of esters is 1. The molecule has 0 aliphatic carbocycles. The van der Waals surface area contributed by atoms with Crippen molar-refractivity contribution in [2.45, 2.75) is 32.4 Å². The summed E-state index contributed by atoms with van der Waals surface area (Å²) in [4.78, 5) is 11.1. The molecule has 0 radical (unpaired) electrons. The van der Waals surface area contributed by atoms with Crippen LogP contribution in [0.15, 0.2) is 0 Å². The van der Waals surface area contributed by atoms with E-state index in [0.717, 1.165) is 6.42 Å². The van der Waals surface area contributed by atoms with E-state index in [1.807, 2.05) is 0 Å². The maximum atomic E-state index is 11.1. The van der Waals surface area contributed by atoms with Gasteiger partial charge in [0.2, 0.25) is 0 Å². The summed E-state index contributed by atoms with van der Waals surface area (Å²) in [7, 11) is 1.43. The second-order valence-corrected chi connectivity index (χ2v) is 3.28. The van der Waals surface area contributed by atoms with Crippen LogP contribution in [0.5, 0.6) is 0 Å². The van der Waals surface area contributed by atoms with Gasteiger partial charge in [0.25, 0.3) is 0 Å². The van der Waals surface area contributed by atoms with Gasteiger partial charge in [0.15, 0.2) is 0 Å². The molecule has 3 nitrogen and oxygen atoms in total. The van der Waals surface area contributed by atoms with Crippen LogP contribution in [0.3, 0.4) is 0 Å². The Bertz CT molecular complexity index is 158. The summed E-state index contributed by atoms with van der Waals surface area (Å²) in [5.74, 6) is 0.263. The van der Waals surface area contributed by atoms with Crippen molar-refractivity contribution < 1.29 is 9.53 Å². The zero-order valence-electron chi connectivity index (χ0n) is 7.26. The molecule has 11 heavy (non-hydrogen) atoms. The van der Waals surface area contributed by atoms with Crippen LogP contribution in [0.4, 0.5) is 0 Å². The summed E-state index contributed by atoms with van der Waals surface area (Å²) >= 11 is 0. The molecule has 1 rings (SSSR count). The first kappa shape index (κ1) is 8.53. The smallest absolute Gasteiger partial charge is 0.323 e. The second-order valence-electron chi connectivity index (χ2n) is 3.28. The third-order valence-corrected chi connectivity index (χ3v) is 2.21. The lowest BCUT2D eigenvalue weighted by molar-refractivity contribution is -0.143. The maximum Gasteiger partial charge on any atom is 0.323 e. The fourth-order valence-electron chi connectivity index (χ4n) is 1.66. The third-order valence-electron chi connectivity index (χ3n) is 2.21. The van der Waals surface area contributed by atoms with Gasteiger partial charge in [0.1, 0.15) is 6.04 Å². The summed E-state index contributed by atoms with van der Waals surface area (Å²) in [5.41, 5.74) is 0. The molecule has 0 aromatic rings. The third kappa shape index (κ3) is 1.71. The van der Waals surface area contributed by atoms with Gasteiger partial charge >= 0.3 is 5.97 Å². The van der Waals surface area contributed by atoms with Crippen LogP contribution in [-0.2, 0) is 9.53 Å². The molecule has 0 bridgehead atoms. The predicted molar refractivity (Wildman–Crippen MR) is 42.2 cm³/mol. The van der Waals surface area contributed by atoms with Gasteiger partial charge in [-0.05, 0) is 19.3 Å². The van der Waals surface area contributed by atoms with Crippen molar-refractivity contribution >= 4 is 5.97 Å². The first-order valence-corrected chi connectivity index (χ1v) is 3.99. The van der Waals surface area contributed by atoms with Crippen molar-refractivity contribution in [3.8, 4) is 0 Å². The number of ether oxygens (including phenoxy) is 1. The fourth-order valence-corrected chi connectivity index (χ4v) is 1.66. The van der Waals surface area contributed by atoms with E-state index in [1.165, 1.54) is 7.11 Å². The molecule has 1 heterocycles. The van der Waals surface area contributed by atoms with E-state index in [0.29, 0.717) is 12.0 Å². The van der Waals surface area contributed by atoms with E-state index in [2.05, 4.69) is 23.9 Å². The van der Waals surface area contributed by atoms with Crippen LogP contribution in [0.2, 0.25) is 0 Å². The summed E-state index contributed by atoms with van der Waals surface area (Å²) in [6.07, 6.45) is 1.06. The van der Waals surface area contributed by atoms with Gasteiger partial charge in [-0.3, -0.25) is 4.79 Å². The molecule has 64 valence electrons. The van der Waals surface area contributed by atoms with Crippen molar-refractivity contribution in [1.82, 2.24) is 5.32 Å². The van der Waals surface area contributed by atoms with Crippen molar-refractivity contribution in [3.63, 3.8) is 0 Å². The number of hydrogen-bond acceptors (Lipinski definition) is 3. The number of methoxy groups -OCH3 is 1. The van der Waals surface area contributed by atoms with E-state index >= 15 is 0 Å². The Balaban J connectivity index is 2.52. The molecule has 0 saturated carbocycles. The Morgan fingerprint density at radius 3 is 2.55 bits per heavy atom. The second kappa shape index (κ2) is 3.22. The maximum absolute atomic E-state index is 11.1. The molecule has 1 fully saturated rings. The lowest BCUT2D eigenvalue weighted by atomic mass is 10.0. The summed E-state index contributed by atoms with van der Waals surface area (Å²) in [6.45, 7) is 4.15. The summed E-state index contributed by atoms with van der Waals surface area (Å²) < 4.78 is 4.65. The average molecular weight is 157 g/mol. The molecule has 1 aliphatic rings. The monoisotopic (exact) mass is 157 g/mol. The molecule has 0 aromatic carbocycles. The predicted octanol–water partition coefficient (Wildman–Crippen LogP) is 0.546. The van der Waals surface area contributed by atoms with E-state index in [9.17, 15) is 4.79 Å². The summed E-state index contributed by atoms with van der Waals surface area (Å²) in [5, 5.41) is 3.18. The lowest BCUT2D eigenvalue weighted by Crippen LogP contribution is -2.37. The normalized spacial score (nSPS) is 37.2. The number of nitrogens with one attached hydrogen (secondary N) is 1. The lowest BCUT2D eigenvalue weighted by Gasteiger charge is -2.11. The molecule has 3 heteroatoms. The van der Waals surface area contributed by atoms with Crippen LogP contribution in [0, 0.1) is 5.92 Å². The highest BCUT2D eigenvalue weighted by molar-refractivity contribution is 5.76. The molecular formula is C8H15NO2. The zero-order valence-corrected chi connectivity index (χ0v) is 7.26. The molecule has 1 N–H and O–H groups in total.